The summed E-state index contributed by atoms with van der Waals surface area (Å²) in [7, 11) is 2.01. The van der Waals surface area contributed by atoms with Gasteiger partial charge in [-0.15, -0.1) is 0 Å². The van der Waals surface area contributed by atoms with Crippen molar-refractivity contribution in [2.75, 3.05) is 13.6 Å². The van der Waals surface area contributed by atoms with Crippen molar-refractivity contribution < 1.29 is 34.2 Å². The Kier molecular flexibility index (Phi) is 5.99. The molecule has 0 radical (unpaired) electrons. The average molecular weight is 544 g/mol. The lowest BCUT2D eigenvalue weighted by Gasteiger charge is -2.48. The number of fused-ring (bicyclic) bond motifs is 3. The molecule has 2 unspecified atom stereocenters. The van der Waals surface area contributed by atoms with Crippen LogP contribution in [0.3, 0.4) is 0 Å². The smallest absolute Gasteiger partial charge is 0.235 e. The van der Waals surface area contributed by atoms with Gasteiger partial charge in [0.2, 0.25) is 5.91 Å². The van der Waals surface area contributed by atoms with E-state index in [2.05, 4.69) is 4.90 Å². The van der Waals surface area contributed by atoms with Crippen LogP contribution in [0.4, 0.5) is 5.69 Å². The number of phenols is 1. The lowest BCUT2D eigenvalue weighted by molar-refractivity contribution is -0.175. The van der Waals surface area contributed by atoms with Crippen molar-refractivity contribution in [2.24, 2.45) is 34.4 Å². The van der Waals surface area contributed by atoms with Gasteiger partial charge in [-0.25, -0.2) is 4.99 Å². The number of rotatable bonds is 3. The van der Waals surface area contributed by atoms with Crippen LogP contribution in [0.2, 0.25) is 0 Å². The van der Waals surface area contributed by atoms with Crippen LogP contribution in [0.5, 0.6) is 5.75 Å². The Bertz CT molecular complexity index is 1530. The van der Waals surface area contributed by atoms with Gasteiger partial charge < -0.3 is 20.8 Å². The Morgan fingerprint density at radius 3 is 2.42 bits per heavy atom. The van der Waals surface area contributed by atoms with Crippen molar-refractivity contribution in [2.45, 2.75) is 37.7 Å². The highest BCUT2D eigenvalue weighted by atomic mass is 16.3. The van der Waals surface area contributed by atoms with Gasteiger partial charge in [-0.1, -0.05) is 18.2 Å². The van der Waals surface area contributed by atoms with E-state index in [1.165, 1.54) is 6.07 Å². The standard InChI is InChI=1S/C30H29N3O7/c1-33-10-2-3-22(33)32-17-6-4-14(5-7-17)18-8-9-20(34)24-19(18)12-15-11-16-13-21(35)25(29(31)39)28(38)30(16,40)27(37)23(15)26(24)36/h4-9,15-16,23,25,34,40H,2-3,10-13H2,1H3,(H2,31,39)/t15-,16+,23?,25?,30+/m1/s1. The molecule has 6 rings (SSSR count). The maximum absolute atomic E-state index is 13.8. The molecular weight excluding hydrogens is 514 g/mol. The fourth-order valence-corrected chi connectivity index (χ4v) is 7.04. The molecule has 5 atom stereocenters. The van der Waals surface area contributed by atoms with Crippen LogP contribution in [-0.4, -0.2) is 69.2 Å². The van der Waals surface area contributed by atoms with E-state index in [1.54, 1.807) is 6.07 Å². The number of ketones is 4. The second-order valence-electron chi connectivity index (χ2n) is 11.3. The molecule has 4 N–H and O–H groups in total. The third-order valence-corrected chi connectivity index (χ3v) is 9.06. The number of aliphatic hydroxyl groups is 1. The molecule has 0 spiro atoms. The minimum atomic E-state index is -2.65. The number of hydrogen-bond donors (Lipinski definition) is 3. The van der Waals surface area contributed by atoms with Gasteiger partial charge in [-0.3, -0.25) is 24.0 Å². The van der Waals surface area contributed by atoms with Crippen molar-refractivity contribution in [1.82, 2.24) is 4.90 Å². The molecule has 3 fully saturated rings. The van der Waals surface area contributed by atoms with E-state index >= 15 is 0 Å². The zero-order valence-corrected chi connectivity index (χ0v) is 21.9. The largest absolute Gasteiger partial charge is 0.507 e. The third-order valence-electron chi connectivity index (χ3n) is 9.06. The second kappa shape index (κ2) is 9.19. The second-order valence-corrected chi connectivity index (χ2v) is 11.3. The summed E-state index contributed by atoms with van der Waals surface area (Å²) < 4.78 is 0. The van der Waals surface area contributed by atoms with Crippen molar-refractivity contribution in [1.29, 1.82) is 0 Å². The van der Waals surface area contributed by atoms with E-state index in [1.807, 2.05) is 31.3 Å². The van der Waals surface area contributed by atoms with Crippen LogP contribution in [0.25, 0.3) is 11.1 Å². The van der Waals surface area contributed by atoms with E-state index in [4.69, 9.17) is 10.7 Å². The predicted molar refractivity (Wildman–Crippen MR) is 143 cm³/mol. The number of hydrogen-bond acceptors (Lipinski definition) is 8. The Morgan fingerprint density at radius 2 is 1.77 bits per heavy atom. The number of primary amides is 1. The highest BCUT2D eigenvalue weighted by Gasteiger charge is 2.66. The summed E-state index contributed by atoms with van der Waals surface area (Å²) in [5, 5.41) is 22.0. The zero-order chi connectivity index (χ0) is 28.5. The SMILES string of the molecule is CN1CCCC1=Nc1ccc(-c2ccc(O)c3c2C[C@H]2C[C@H]4CC(=O)C(C(N)=O)C(=O)[C@@]4(O)C(=O)C2C3=O)cc1. The average Bonchev–Trinajstić information content (AvgIpc) is 3.30. The van der Waals surface area contributed by atoms with Crippen LogP contribution in [0, 0.1) is 23.7 Å². The molecule has 2 aromatic carbocycles. The van der Waals surface area contributed by atoms with Crippen molar-refractivity contribution in [3.63, 3.8) is 0 Å². The van der Waals surface area contributed by atoms with Crippen LogP contribution in [0.15, 0.2) is 41.4 Å². The molecule has 3 aliphatic carbocycles. The molecule has 1 amide bonds. The van der Waals surface area contributed by atoms with Crippen molar-refractivity contribution in [3.8, 4) is 16.9 Å². The molecule has 2 aromatic rings. The molecule has 0 aromatic heterocycles. The highest BCUT2D eigenvalue weighted by molar-refractivity contribution is 6.31. The van der Waals surface area contributed by atoms with E-state index in [-0.39, 0.29) is 30.6 Å². The number of nitrogens with two attached hydrogens (primary N) is 1. The first kappa shape index (κ1) is 26.1. The van der Waals surface area contributed by atoms with E-state index in [0.717, 1.165) is 42.0 Å². The van der Waals surface area contributed by atoms with Gasteiger partial charge >= 0.3 is 0 Å². The minimum Gasteiger partial charge on any atom is -0.507 e. The maximum atomic E-state index is 13.8. The van der Waals surface area contributed by atoms with Gasteiger partial charge in [0.1, 0.15) is 11.6 Å². The summed E-state index contributed by atoms with van der Waals surface area (Å²) >= 11 is 0. The van der Waals surface area contributed by atoms with Crippen LogP contribution in [0.1, 0.15) is 41.6 Å². The molecule has 40 heavy (non-hydrogen) atoms. The Balaban J connectivity index is 1.37. The molecule has 1 heterocycles. The predicted octanol–water partition coefficient (Wildman–Crippen LogP) is 1.75. The molecule has 1 aliphatic heterocycles. The molecule has 1 saturated heterocycles. The first-order chi connectivity index (χ1) is 19.0. The molecule has 4 aliphatic rings. The fourth-order valence-electron chi connectivity index (χ4n) is 7.04. The number of carbonyl (C=O) groups is 5. The third kappa shape index (κ3) is 3.73. The fraction of sp³-hybridized carbons (Fsp3) is 0.400. The van der Waals surface area contributed by atoms with Gasteiger partial charge in [0.15, 0.2) is 34.7 Å². The lowest BCUT2D eigenvalue weighted by Crippen LogP contribution is -2.68. The Morgan fingerprint density at radius 1 is 1.05 bits per heavy atom. The number of carbonyl (C=O) groups excluding carboxylic acids is 5. The first-order valence-corrected chi connectivity index (χ1v) is 13.4. The van der Waals surface area contributed by atoms with Gasteiger partial charge in [0, 0.05) is 32.4 Å². The molecule has 2 saturated carbocycles. The molecule has 0 bridgehead atoms. The summed E-state index contributed by atoms with van der Waals surface area (Å²) in [6.07, 6.45) is 1.91. The van der Waals surface area contributed by atoms with E-state index in [9.17, 15) is 34.2 Å². The number of amides is 1. The van der Waals surface area contributed by atoms with Gasteiger partial charge in [0.05, 0.1) is 17.2 Å². The topological polar surface area (TPSA) is 167 Å². The minimum absolute atomic E-state index is 0.0168. The number of aliphatic imine (C=N–C) groups is 1. The molecule has 10 heteroatoms. The van der Waals surface area contributed by atoms with Crippen LogP contribution in [-0.2, 0) is 25.6 Å². The quantitative estimate of drug-likeness (QED) is 0.492. The van der Waals surface area contributed by atoms with Crippen molar-refractivity contribution in [3.05, 3.63) is 47.5 Å². The highest BCUT2D eigenvalue weighted by Crippen LogP contribution is 2.51. The molecule has 10 nitrogen and oxygen atoms in total. The Hall–Kier alpha value is -4.18. The normalized spacial score (nSPS) is 30.8. The van der Waals surface area contributed by atoms with Gasteiger partial charge in [-0.2, -0.15) is 0 Å². The zero-order valence-electron chi connectivity index (χ0n) is 21.9. The number of aromatic hydroxyl groups is 1. The number of likely N-dealkylation sites (tertiary alicyclic amines) is 1. The Labute approximate surface area is 229 Å². The van der Waals surface area contributed by atoms with Gasteiger partial charge in [-0.05, 0) is 60.1 Å². The van der Waals surface area contributed by atoms with E-state index < -0.39 is 58.3 Å². The summed E-state index contributed by atoms with van der Waals surface area (Å²) in [4.78, 5) is 71.7. The summed E-state index contributed by atoms with van der Waals surface area (Å²) in [6.45, 7) is 0.974. The number of Topliss-reactive ketones (excluding diaryl/α,β-unsaturated/α-hetero) is 4. The summed E-state index contributed by atoms with van der Waals surface area (Å²) in [5.74, 6) is -9.16. The lowest BCUT2D eigenvalue weighted by atomic mass is 9.53. The molecular formula is C30H29N3O7. The van der Waals surface area contributed by atoms with E-state index in [0.29, 0.717) is 5.56 Å². The number of nitrogens with zero attached hydrogens (tertiary/aromatic N) is 2. The summed E-state index contributed by atoms with van der Waals surface area (Å²) in [5.41, 5.74) is 5.45. The number of amidine groups is 1. The number of benzene rings is 2. The van der Waals surface area contributed by atoms with Crippen LogP contribution >= 0.6 is 0 Å². The van der Waals surface area contributed by atoms with Crippen molar-refractivity contribution >= 4 is 40.6 Å². The molecule has 206 valence electrons. The summed E-state index contributed by atoms with van der Waals surface area (Å²) in [6, 6.07) is 10.7. The van der Waals surface area contributed by atoms with Gasteiger partial charge in [0.25, 0.3) is 0 Å². The monoisotopic (exact) mass is 543 g/mol. The first-order valence-electron chi connectivity index (χ1n) is 13.4. The maximum Gasteiger partial charge on any atom is 0.235 e. The van der Waals surface area contributed by atoms with Crippen LogP contribution < -0.4 is 5.73 Å². The number of phenolic OH excluding ortho intramolecular Hbond substituents is 1.